The summed E-state index contributed by atoms with van der Waals surface area (Å²) in [4.78, 5) is 23.5. The average Bonchev–Trinajstić information content (AvgIpc) is 2.98. The van der Waals surface area contributed by atoms with Crippen LogP contribution in [0.1, 0.15) is 24.4 Å². The van der Waals surface area contributed by atoms with E-state index in [1.54, 1.807) is 13.2 Å². The standard InChI is InChI=1S/C10H13N3O3/c1-12-5-7(4-11-12)9(10(15)16)13(6-14)8-2-3-8/h4-6,8-9H,2-3H2,1H3,(H,15,16). The highest BCUT2D eigenvalue weighted by Crippen LogP contribution is 2.33. The molecule has 2 rings (SSSR count). The number of aromatic nitrogens is 2. The van der Waals surface area contributed by atoms with Crippen LogP contribution in [0.4, 0.5) is 0 Å². The van der Waals surface area contributed by atoms with Gasteiger partial charge in [0.1, 0.15) is 0 Å². The minimum atomic E-state index is -1.02. The SMILES string of the molecule is Cn1cc(C(C(=O)O)N(C=O)C2CC2)cn1. The van der Waals surface area contributed by atoms with Gasteiger partial charge in [0.2, 0.25) is 6.41 Å². The van der Waals surface area contributed by atoms with Crippen LogP contribution in [0, 0.1) is 0 Å². The van der Waals surface area contributed by atoms with Crippen LogP contribution in [0.5, 0.6) is 0 Å². The van der Waals surface area contributed by atoms with Gasteiger partial charge in [-0.05, 0) is 12.8 Å². The minimum absolute atomic E-state index is 0.0683. The van der Waals surface area contributed by atoms with Crippen molar-refractivity contribution in [3.63, 3.8) is 0 Å². The predicted molar refractivity (Wildman–Crippen MR) is 54.5 cm³/mol. The van der Waals surface area contributed by atoms with E-state index in [-0.39, 0.29) is 6.04 Å². The summed E-state index contributed by atoms with van der Waals surface area (Å²) in [7, 11) is 1.71. The van der Waals surface area contributed by atoms with Gasteiger partial charge >= 0.3 is 5.97 Å². The molecule has 1 saturated carbocycles. The van der Waals surface area contributed by atoms with E-state index < -0.39 is 12.0 Å². The Bertz CT molecular complexity index is 411. The summed E-state index contributed by atoms with van der Waals surface area (Å²) in [5, 5.41) is 13.1. The molecule has 1 unspecified atom stereocenters. The van der Waals surface area contributed by atoms with E-state index >= 15 is 0 Å². The van der Waals surface area contributed by atoms with E-state index in [2.05, 4.69) is 5.10 Å². The van der Waals surface area contributed by atoms with Gasteiger partial charge in [-0.2, -0.15) is 5.10 Å². The van der Waals surface area contributed by atoms with E-state index in [0.29, 0.717) is 12.0 Å². The van der Waals surface area contributed by atoms with Crippen LogP contribution >= 0.6 is 0 Å². The number of aryl methyl sites for hydroxylation is 1. The van der Waals surface area contributed by atoms with Crippen LogP contribution < -0.4 is 0 Å². The molecule has 0 radical (unpaired) electrons. The van der Waals surface area contributed by atoms with Crippen molar-refractivity contribution in [1.82, 2.24) is 14.7 Å². The molecule has 1 heterocycles. The molecule has 1 aliphatic carbocycles. The first-order valence-electron chi connectivity index (χ1n) is 5.07. The first kappa shape index (κ1) is 10.7. The lowest BCUT2D eigenvalue weighted by molar-refractivity contribution is -0.147. The van der Waals surface area contributed by atoms with Crippen LogP contribution in [0.15, 0.2) is 12.4 Å². The van der Waals surface area contributed by atoms with Gasteiger partial charge in [0.05, 0.1) is 6.20 Å². The van der Waals surface area contributed by atoms with E-state index in [9.17, 15) is 14.7 Å². The van der Waals surface area contributed by atoms with E-state index in [0.717, 1.165) is 12.8 Å². The number of hydrogen-bond donors (Lipinski definition) is 1. The van der Waals surface area contributed by atoms with Crippen molar-refractivity contribution < 1.29 is 14.7 Å². The van der Waals surface area contributed by atoms with Gasteiger partial charge in [0, 0.05) is 24.8 Å². The Hall–Kier alpha value is -1.85. The minimum Gasteiger partial charge on any atom is -0.479 e. The molecule has 6 nitrogen and oxygen atoms in total. The summed E-state index contributed by atoms with van der Waals surface area (Å²) in [6.45, 7) is 0. The van der Waals surface area contributed by atoms with Crippen molar-refractivity contribution in [1.29, 1.82) is 0 Å². The molecule has 0 saturated heterocycles. The molecule has 0 bridgehead atoms. The molecule has 1 aromatic rings. The highest BCUT2D eigenvalue weighted by atomic mass is 16.4. The summed E-state index contributed by atoms with van der Waals surface area (Å²) < 4.78 is 1.53. The Morgan fingerprint density at radius 3 is 2.81 bits per heavy atom. The number of carboxylic acid groups (broad SMARTS) is 1. The van der Waals surface area contributed by atoms with Crippen molar-refractivity contribution in [2.24, 2.45) is 7.05 Å². The first-order valence-corrected chi connectivity index (χ1v) is 5.07. The summed E-state index contributed by atoms with van der Waals surface area (Å²) in [5.41, 5.74) is 0.536. The zero-order valence-corrected chi connectivity index (χ0v) is 8.91. The zero-order chi connectivity index (χ0) is 11.7. The number of hydrogen-bond acceptors (Lipinski definition) is 3. The normalized spacial score (nSPS) is 16.8. The maximum absolute atomic E-state index is 11.2. The average molecular weight is 223 g/mol. The smallest absolute Gasteiger partial charge is 0.331 e. The second-order valence-electron chi connectivity index (χ2n) is 3.97. The number of nitrogens with zero attached hydrogens (tertiary/aromatic N) is 3. The summed E-state index contributed by atoms with van der Waals surface area (Å²) in [6.07, 6.45) is 5.48. The van der Waals surface area contributed by atoms with Gasteiger partial charge in [0.25, 0.3) is 0 Å². The number of amides is 1. The predicted octanol–water partition coefficient (Wildman–Crippen LogP) is 0.167. The van der Waals surface area contributed by atoms with Gasteiger partial charge in [-0.3, -0.25) is 9.48 Å². The third-order valence-electron chi connectivity index (χ3n) is 2.66. The third kappa shape index (κ3) is 1.91. The van der Waals surface area contributed by atoms with Gasteiger partial charge in [0.15, 0.2) is 6.04 Å². The fourth-order valence-electron chi connectivity index (χ4n) is 1.75. The second-order valence-corrected chi connectivity index (χ2v) is 3.97. The maximum atomic E-state index is 11.2. The fraction of sp³-hybridized carbons (Fsp3) is 0.500. The highest BCUT2D eigenvalue weighted by Gasteiger charge is 2.37. The van der Waals surface area contributed by atoms with Crippen molar-refractivity contribution in [3.05, 3.63) is 18.0 Å². The third-order valence-corrected chi connectivity index (χ3v) is 2.66. The van der Waals surface area contributed by atoms with Crippen LogP contribution in [0.3, 0.4) is 0 Å². The monoisotopic (exact) mass is 223 g/mol. The van der Waals surface area contributed by atoms with E-state index in [1.807, 2.05) is 0 Å². The number of carbonyl (C=O) groups excluding carboxylic acids is 1. The largest absolute Gasteiger partial charge is 0.479 e. The Morgan fingerprint density at radius 1 is 1.75 bits per heavy atom. The second kappa shape index (κ2) is 3.96. The van der Waals surface area contributed by atoms with Crippen molar-refractivity contribution >= 4 is 12.4 Å². The summed E-state index contributed by atoms with van der Waals surface area (Å²) >= 11 is 0. The Balaban J connectivity index is 2.28. The van der Waals surface area contributed by atoms with E-state index in [4.69, 9.17) is 0 Å². The molecule has 1 aliphatic rings. The number of carboxylic acids is 1. The fourth-order valence-corrected chi connectivity index (χ4v) is 1.75. The van der Waals surface area contributed by atoms with Crippen LogP contribution in [-0.2, 0) is 16.6 Å². The Kier molecular flexibility index (Phi) is 2.64. The lowest BCUT2D eigenvalue weighted by atomic mass is 10.1. The molecule has 0 spiro atoms. The molecule has 6 heteroatoms. The molecular formula is C10H13N3O3. The molecule has 1 N–H and O–H groups in total. The van der Waals surface area contributed by atoms with Crippen LogP contribution in [0.25, 0.3) is 0 Å². The lowest BCUT2D eigenvalue weighted by Gasteiger charge is -2.23. The highest BCUT2D eigenvalue weighted by molar-refractivity contribution is 5.78. The van der Waals surface area contributed by atoms with Gasteiger partial charge in [-0.15, -0.1) is 0 Å². The molecule has 1 aromatic heterocycles. The molecule has 1 fully saturated rings. The number of carbonyl (C=O) groups is 2. The van der Waals surface area contributed by atoms with Gasteiger partial charge < -0.3 is 10.0 Å². The van der Waals surface area contributed by atoms with Gasteiger partial charge in [-0.25, -0.2) is 4.79 Å². The van der Waals surface area contributed by atoms with Gasteiger partial charge in [-0.1, -0.05) is 0 Å². The van der Waals surface area contributed by atoms with E-state index in [1.165, 1.54) is 15.8 Å². The molecular weight excluding hydrogens is 210 g/mol. The first-order chi connectivity index (χ1) is 7.63. The molecule has 1 amide bonds. The molecule has 0 aliphatic heterocycles. The summed E-state index contributed by atoms with van der Waals surface area (Å²) in [5.74, 6) is -1.02. The Morgan fingerprint density at radius 2 is 2.44 bits per heavy atom. The van der Waals surface area contributed by atoms with Crippen molar-refractivity contribution in [2.45, 2.75) is 24.9 Å². The van der Waals surface area contributed by atoms with Crippen molar-refractivity contribution in [2.75, 3.05) is 0 Å². The zero-order valence-electron chi connectivity index (χ0n) is 8.91. The lowest BCUT2D eigenvalue weighted by Crippen LogP contribution is -2.34. The number of aliphatic carboxylic acids is 1. The van der Waals surface area contributed by atoms with Crippen LogP contribution in [-0.4, -0.2) is 38.2 Å². The van der Waals surface area contributed by atoms with Crippen molar-refractivity contribution in [3.8, 4) is 0 Å². The molecule has 0 aromatic carbocycles. The van der Waals surface area contributed by atoms with Crippen LogP contribution in [0.2, 0.25) is 0 Å². The number of rotatable bonds is 5. The molecule has 16 heavy (non-hydrogen) atoms. The topological polar surface area (TPSA) is 75.4 Å². The molecule has 1 atom stereocenters. The quantitative estimate of drug-likeness (QED) is 0.722. The Labute approximate surface area is 92.5 Å². The summed E-state index contributed by atoms with van der Waals surface area (Å²) in [6, 6.07) is -0.850. The molecule has 86 valence electrons. The maximum Gasteiger partial charge on any atom is 0.331 e.